The average molecular weight is 331 g/mol. The molecule has 4 heteroatoms. The second-order valence-corrected chi connectivity index (χ2v) is 7.11. The SMILES string of the molecule is [O-][n+]1c(CN2CCCCCC2)nc2cccc3c2c1-c1ccccc1-3. The molecule has 1 fully saturated rings. The highest BCUT2D eigenvalue weighted by Crippen LogP contribution is 2.44. The van der Waals surface area contributed by atoms with Gasteiger partial charge < -0.3 is 5.21 Å². The maximum atomic E-state index is 13.2. The molecule has 2 aliphatic rings. The molecule has 0 N–H and O–H groups in total. The molecule has 0 unspecified atom stereocenters. The number of hydrogen-bond donors (Lipinski definition) is 0. The van der Waals surface area contributed by atoms with Crippen molar-refractivity contribution in [3.05, 3.63) is 53.5 Å². The largest absolute Gasteiger partial charge is 0.710 e. The third-order valence-electron chi connectivity index (χ3n) is 5.50. The summed E-state index contributed by atoms with van der Waals surface area (Å²) in [6.07, 6.45) is 5.01. The second-order valence-electron chi connectivity index (χ2n) is 7.11. The molecule has 3 aromatic rings. The van der Waals surface area contributed by atoms with E-state index in [1.807, 2.05) is 30.3 Å². The van der Waals surface area contributed by atoms with Crippen LogP contribution in [0.25, 0.3) is 33.3 Å². The zero-order chi connectivity index (χ0) is 16.8. The first-order valence-electron chi connectivity index (χ1n) is 9.20. The van der Waals surface area contributed by atoms with E-state index in [1.165, 1.54) is 25.7 Å². The molecule has 1 aliphatic heterocycles. The summed E-state index contributed by atoms with van der Waals surface area (Å²) >= 11 is 0. The van der Waals surface area contributed by atoms with Gasteiger partial charge in [0, 0.05) is 5.56 Å². The lowest BCUT2D eigenvalue weighted by atomic mass is 10.1. The van der Waals surface area contributed by atoms with Crippen molar-refractivity contribution in [1.82, 2.24) is 9.88 Å². The molecule has 0 radical (unpaired) electrons. The number of likely N-dealkylation sites (tertiary alicyclic amines) is 1. The number of benzene rings is 2. The summed E-state index contributed by atoms with van der Waals surface area (Å²) in [4.78, 5) is 7.13. The highest BCUT2D eigenvalue weighted by molar-refractivity contribution is 6.11. The first-order valence-corrected chi connectivity index (χ1v) is 9.20. The molecule has 126 valence electrons. The van der Waals surface area contributed by atoms with Crippen LogP contribution in [-0.4, -0.2) is 23.0 Å². The second kappa shape index (κ2) is 5.81. The first-order chi connectivity index (χ1) is 12.3. The summed E-state index contributed by atoms with van der Waals surface area (Å²) in [7, 11) is 0. The molecule has 2 aromatic carbocycles. The molecule has 1 aliphatic carbocycles. The Morgan fingerprint density at radius 3 is 2.40 bits per heavy atom. The quantitative estimate of drug-likeness (QED) is 0.413. The Morgan fingerprint density at radius 1 is 0.880 bits per heavy atom. The molecular formula is C21H21N3O. The molecule has 1 saturated heterocycles. The fourth-order valence-electron chi connectivity index (χ4n) is 4.28. The first kappa shape index (κ1) is 14.8. The molecule has 0 saturated carbocycles. The summed E-state index contributed by atoms with van der Waals surface area (Å²) < 4.78 is 1.09. The van der Waals surface area contributed by atoms with Crippen molar-refractivity contribution >= 4 is 10.9 Å². The highest BCUT2D eigenvalue weighted by Gasteiger charge is 2.30. The predicted octanol–water partition coefficient (Wildman–Crippen LogP) is 3.89. The minimum absolute atomic E-state index is 0.623. The van der Waals surface area contributed by atoms with E-state index in [4.69, 9.17) is 4.98 Å². The molecule has 0 spiro atoms. The lowest BCUT2D eigenvalue weighted by molar-refractivity contribution is -0.605. The van der Waals surface area contributed by atoms with E-state index >= 15 is 0 Å². The molecule has 0 amide bonds. The van der Waals surface area contributed by atoms with Crippen molar-refractivity contribution < 1.29 is 4.73 Å². The van der Waals surface area contributed by atoms with E-state index in [9.17, 15) is 5.21 Å². The average Bonchev–Trinajstić information content (AvgIpc) is 2.78. The summed E-state index contributed by atoms with van der Waals surface area (Å²) in [5.41, 5.74) is 5.01. The summed E-state index contributed by atoms with van der Waals surface area (Å²) in [6, 6.07) is 14.3. The fraction of sp³-hybridized carbons (Fsp3) is 0.333. The van der Waals surface area contributed by atoms with E-state index in [0.29, 0.717) is 12.4 Å². The molecule has 0 bridgehead atoms. The van der Waals surface area contributed by atoms with Crippen LogP contribution in [0.15, 0.2) is 42.5 Å². The smallest absolute Gasteiger partial charge is 0.316 e. The number of rotatable bonds is 2. The third kappa shape index (κ3) is 2.32. The van der Waals surface area contributed by atoms with Gasteiger partial charge in [0.1, 0.15) is 12.2 Å². The maximum absolute atomic E-state index is 13.2. The van der Waals surface area contributed by atoms with Gasteiger partial charge in [0.05, 0.1) is 5.39 Å². The fourth-order valence-corrected chi connectivity index (χ4v) is 4.28. The maximum Gasteiger partial charge on any atom is 0.316 e. The molecule has 4 nitrogen and oxygen atoms in total. The van der Waals surface area contributed by atoms with E-state index in [2.05, 4.69) is 17.0 Å². The van der Waals surface area contributed by atoms with Crippen LogP contribution in [0.2, 0.25) is 0 Å². The van der Waals surface area contributed by atoms with Crippen LogP contribution in [0.3, 0.4) is 0 Å². The van der Waals surface area contributed by atoms with Gasteiger partial charge >= 0.3 is 5.82 Å². The lowest BCUT2D eigenvalue weighted by Crippen LogP contribution is -2.39. The van der Waals surface area contributed by atoms with E-state index in [-0.39, 0.29) is 0 Å². The number of aromatic nitrogens is 2. The van der Waals surface area contributed by atoms with Crippen molar-refractivity contribution in [2.75, 3.05) is 13.1 Å². The molecule has 2 heterocycles. The number of hydrogen-bond acceptors (Lipinski definition) is 3. The van der Waals surface area contributed by atoms with Crippen LogP contribution >= 0.6 is 0 Å². The van der Waals surface area contributed by atoms with Gasteiger partial charge in [0.25, 0.3) is 0 Å². The van der Waals surface area contributed by atoms with Gasteiger partial charge in [-0.05, 0) is 48.1 Å². The van der Waals surface area contributed by atoms with Crippen molar-refractivity contribution in [3.63, 3.8) is 0 Å². The molecule has 1 aromatic heterocycles. The topological polar surface area (TPSA) is 43.1 Å². The van der Waals surface area contributed by atoms with E-state index in [1.54, 1.807) is 0 Å². The van der Waals surface area contributed by atoms with Gasteiger partial charge in [-0.1, -0.05) is 49.2 Å². The van der Waals surface area contributed by atoms with Crippen molar-refractivity contribution in [2.24, 2.45) is 0 Å². The third-order valence-corrected chi connectivity index (χ3v) is 5.50. The normalized spacial score (nSPS) is 16.8. The lowest BCUT2D eigenvalue weighted by Gasteiger charge is -2.19. The van der Waals surface area contributed by atoms with Crippen LogP contribution in [0.4, 0.5) is 0 Å². The van der Waals surface area contributed by atoms with Gasteiger partial charge in [-0.25, -0.2) is 4.73 Å². The van der Waals surface area contributed by atoms with E-state index < -0.39 is 0 Å². The minimum atomic E-state index is 0.623. The number of nitrogens with zero attached hydrogens (tertiary/aromatic N) is 3. The van der Waals surface area contributed by atoms with Crippen LogP contribution in [0, 0.1) is 5.21 Å². The summed E-state index contributed by atoms with van der Waals surface area (Å²) in [5.74, 6) is 0.623. The molecule has 5 rings (SSSR count). The Labute approximate surface area is 147 Å². The minimum Gasteiger partial charge on any atom is -0.710 e. The van der Waals surface area contributed by atoms with Crippen molar-refractivity contribution in [3.8, 4) is 22.4 Å². The van der Waals surface area contributed by atoms with Crippen LogP contribution in [0.5, 0.6) is 0 Å². The van der Waals surface area contributed by atoms with Crippen LogP contribution in [0.1, 0.15) is 31.5 Å². The summed E-state index contributed by atoms with van der Waals surface area (Å²) in [5, 5.41) is 14.2. The zero-order valence-corrected chi connectivity index (χ0v) is 14.2. The Balaban J connectivity index is 1.66. The van der Waals surface area contributed by atoms with Gasteiger partial charge in [0.15, 0.2) is 5.52 Å². The Hall–Kier alpha value is -2.46. The van der Waals surface area contributed by atoms with Gasteiger partial charge in [-0.3, -0.25) is 4.90 Å². The molecular weight excluding hydrogens is 310 g/mol. The van der Waals surface area contributed by atoms with Crippen LogP contribution in [-0.2, 0) is 6.54 Å². The summed E-state index contributed by atoms with van der Waals surface area (Å²) in [6.45, 7) is 2.76. The Kier molecular flexibility index (Phi) is 3.45. The van der Waals surface area contributed by atoms with E-state index in [0.717, 1.165) is 51.1 Å². The monoisotopic (exact) mass is 331 g/mol. The van der Waals surface area contributed by atoms with Gasteiger partial charge in [0.2, 0.25) is 0 Å². The van der Waals surface area contributed by atoms with Gasteiger partial charge in [-0.2, -0.15) is 0 Å². The molecule has 25 heavy (non-hydrogen) atoms. The molecule has 0 atom stereocenters. The zero-order valence-electron chi connectivity index (χ0n) is 14.2. The van der Waals surface area contributed by atoms with Gasteiger partial charge in [-0.15, -0.1) is 0 Å². The predicted molar refractivity (Wildman–Crippen MR) is 98.9 cm³/mol. The van der Waals surface area contributed by atoms with Crippen molar-refractivity contribution in [2.45, 2.75) is 32.2 Å². The highest BCUT2D eigenvalue weighted by atomic mass is 16.5. The number of fused-ring (bicyclic) bond motifs is 3. The van der Waals surface area contributed by atoms with Crippen molar-refractivity contribution in [1.29, 1.82) is 0 Å². The standard InChI is InChI=1S/C21H21N3O/c25-24-19(14-23-12-5-1-2-6-13-23)22-18-11-7-10-16-15-8-3-4-9-17(15)21(24)20(16)18/h3-4,7-11H,1-2,5-6,12-14H2. The Morgan fingerprint density at radius 2 is 1.60 bits per heavy atom. The Bertz CT molecular complexity index is 959. The van der Waals surface area contributed by atoms with Crippen LogP contribution < -0.4 is 4.73 Å².